The summed E-state index contributed by atoms with van der Waals surface area (Å²) < 4.78 is 52.3. The molecule has 9 nitrogen and oxygen atoms in total. The molecule has 0 bridgehead atoms. The third-order valence-corrected chi connectivity index (χ3v) is 6.85. The monoisotopic (exact) mass is 518 g/mol. The van der Waals surface area contributed by atoms with Crippen molar-refractivity contribution in [2.45, 2.75) is 43.7 Å². The number of hydrogen-bond donors (Lipinski definition) is 1. The van der Waals surface area contributed by atoms with Gasteiger partial charge in [0, 0.05) is 49.6 Å². The minimum Gasteiger partial charge on any atom is -0.490 e. The van der Waals surface area contributed by atoms with Gasteiger partial charge in [-0.15, -0.1) is 0 Å². The zero-order valence-corrected chi connectivity index (χ0v) is 19.7. The molecule has 196 valence electrons. The van der Waals surface area contributed by atoms with E-state index in [1.165, 1.54) is 6.20 Å². The Kier molecular flexibility index (Phi) is 6.44. The second-order valence-electron chi connectivity index (χ2n) is 9.26. The number of imidazole rings is 1. The third kappa shape index (κ3) is 5.19. The fraction of sp³-hybridized carbons (Fsp3) is 0.400. The largest absolute Gasteiger partial charge is 0.490 e. The van der Waals surface area contributed by atoms with Crippen LogP contribution in [0.3, 0.4) is 0 Å². The number of rotatable bonds is 6. The molecule has 0 radical (unpaired) electrons. The summed E-state index contributed by atoms with van der Waals surface area (Å²) in [6.45, 7) is 1.09. The zero-order valence-electron chi connectivity index (χ0n) is 19.7. The van der Waals surface area contributed by atoms with E-state index in [0.29, 0.717) is 18.7 Å². The van der Waals surface area contributed by atoms with Crippen molar-refractivity contribution >= 4 is 11.5 Å². The Morgan fingerprint density at radius 2 is 1.70 bits per heavy atom. The number of hydrogen-bond acceptors (Lipinski definition) is 7. The molecule has 0 aliphatic carbocycles. The van der Waals surface area contributed by atoms with Gasteiger partial charge in [-0.2, -0.15) is 13.2 Å². The highest BCUT2D eigenvalue weighted by atomic mass is 19.4. The molecule has 0 saturated carbocycles. The van der Waals surface area contributed by atoms with Gasteiger partial charge in [-0.25, -0.2) is 0 Å². The van der Waals surface area contributed by atoms with Gasteiger partial charge in [-0.3, -0.25) is 4.57 Å². The minimum absolute atomic E-state index is 0.130. The Morgan fingerprint density at radius 3 is 2.30 bits per heavy atom. The van der Waals surface area contributed by atoms with Gasteiger partial charge < -0.3 is 29.6 Å². The lowest BCUT2D eigenvalue weighted by Crippen LogP contribution is -2.53. The van der Waals surface area contributed by atoms with Gasteiger partial charge in [0.25, 0.3) is 0 Å². The molecule has 1 aromatic heterocycles. The molecule has 0 amide bonds. The summed E-state index contributed by atoms with van der Waals surface area (Å²) in [5.41, 5.74) is 0.0982. The highest BCUT2D eigenvalue weighted by Crippen LogP contribution is 2.39. The molecule has 1 unspecified atom stereocenters. The molecule has 1 N–H and O–H groups in total. The van der Waals surface area contributed by atoms with Crippen LogP contribution in [0.2, 0.25) is 0 Å². The lowest BCUT2D eigenvalue weighted by Gasteiger charge is -2.40. The summed E-state index contributed by atoms with van der Waals surface area (Å²) in [5.74, 6) is 0.402. The first-order valence-corrected chi connectivity index (χ1v) is 11.9. The van der Waals surface area contributed by atoms with E-state index in [2.05, 4.69) is 4.98 Å². The molecule has 2 aromatic carbocycles. The van der Waals surface area contributed by atoms with Crippen molar-refractivity contribution in [3.63, 3.8) is 0 Å². The van der Waals surface area contributed by atoms with Gasteiger partial charge in [0.05, 0.1) is 0 Å². The number of fused-ring (bicyclic) bond motifs is 1. The predicted octanol–water partition coefficient (Wildman–Crippen LogP) is 4.58. The van der Waals surface area contributed by atoms with Gasteiger partial charge >= 0.3 is 18.0 Å². The smallest absolute Gasteiger partial charge is 0.417 e. The fourth-order valence-corrected chi connectivity index (χ4v) is 4.55. The maximum absolute atomic E-state index is 13.0. The van der Waals surface area contributed by atoms with Gasteiger partial charge in [0.2, 0.25) is 0 Å². The molecule has 1 saturated heterocycles. The number of ether oxygens (including phenoxy) is 2. The number of nitro groups is 1. The molecule has 2 aliphatic rings. The average Bonchev–Trinajstić information content (AvgIpc) is 3.32. The molecule has 0 spiro atoms. The van der Waals surface area contributed by atoms with Crippen LogP contribution in [0.25, 0.3) is 11.1 Å². The number of alkyl halides is 3. The van der Waals surface area contributed by atoms with E-state index in [4.69, 9.17) is 9.47 Å². The maximum Gasteiger partial charge on any atom is 0.417 e. The first-order valence-electron chi connectivity index (χ1n) is 11.9. The Balaban J connectivity index is 1.14. The predicted molar refractivity (Wildman–Crippen MR) is 128 cm³/mol. The highest BCUT2D eigenvalue weighted by molar-refractivity contribution is 5.67. The normalized spacial score (nSPS) is 19.1. The minimum atomic E-state index is -4.62. The number of aryl methyl sites for hydroxylation is 1. The summed E-state index contributed by atoms with van der Waals surface area (Å²) in [4.78, 5) is 16.1. The van der Waals surface area contributed by atoms with Crippen LogP contribution >= 0.6 is 0 Å². The molecule has 37 heavy (non-hydrogen) atoms. The lowest BCUT2D eigenvalue weighted by molar-refractivity contribution is -0.389. The van der Waals surface area contributed by atoms with Gasteiger partial charge in [0.15, 0.2) is 5.60 Å². The lowest BCUT2D eigenvalue weighted by atomic mass is 9.90. The van der Waals surface area contributed by atoms with Gasteiger partial charge in [-0.05, 0) is 40.3 Å². The molecule has 3 heterocycles. The summed E-state index contributed by atoms with van der Waals surface area (Å²) in [6, 6.07) is 15.3. The number of benzene rings is 2. The molecule has 12 heteroatoms. The van der Waals surface area contributed by atoms with Crippen molar-refractivity contribution in [2.75, 3.05) is 24.6 Å². The number of piperidine rings is 1. The van der Waals surface area contributed by atoms with Crippen LogP contribution in [-0.4, -0.2) is 57.2 Å². The van der Waals surface area contributed by atoms with Crippen LogP contribution in [0.15, 0.2) is 54.7 Å². The van der Waals surface area contributed by atoms with Crippen molar-refractivity contribution < 1.29 is 32.7 Å². The maximum atomic E-state index is 13.0. The average molecular weight is 518 g/mol. The third-order valence-electron chi connectivity index (χ3n) is 6.85. The quantitative estimate of drug-likeness (QED) is 0.376. The van der Waals surface area contributed by atoms with Crippen LogP contribution in [0, 0.1) is 10.1 Å². The van der Waals surface area contributed by atoms with E-state index < -0.39 is 16.7 Å². The SMILES string of the molecule is O=[N+]([O-])c1cn2c(n1)OC(COc1ccc(-c3ccc(N4CCC(O)(C(F)(F)F)CC4)cc3)cc1)CC2. The van der Waals surface area contributed by atoms with Crippen LogP contribution in [0.5, 0.6) is 11.8 Å². The van der Waals surface area contributed by atoms with Crippen molar-refractivity contribution in [3.05, 3.63) is 64.8 Å². The molecule has 2 aliphatic heterocycles. The van der Waals surface area contributed by atoms with E-state index in [0.717, 1.165) is 16.8 Å². The molecular weight excluding hydrogens is 493 g/mol. The van der Waals surface area contributed by atoms with Crippen molar-refractivity contribution in [1.82, 2.24) is 9.55 Å². The number of nitrogens with zero attached hydrogens (tertiary/aromatic N) is 4. The van der Waals surface area contributed by atoms with Gasteiger partial charge in [-0.1, -0.05) is 24.3 Å². The number of halogens is 3. The second-order valence-corrected chi connectivity index (χ2v) is 9.26. The van der Waals surface area contributed by atoms with E-state index in [1.54, 1.807) is 4.57 Å². The van der Waals surface area contributed by atoms with E-state index in [-0.39, 0.29) is 50.5 Å². The topological polar surface area (TPSA) is 103 Å². The second kappa shape index (κ2) is 9.58. The first-order chi connectivity index (χ1) is 17.6. The van der Waals surface area contributed by atoms with E-state index >= 15 is 0 Å². The van der Waals surface area contributed by atoms with Crippen LogP contribution < -0.4 is 14.4 Å². The summed E-state index contributed by atoms with van der Waals surface area (Å²) in [6.07, 6.45) is -3.60. The highest BCUT2D eigenvalue weighted by Gasteiger charge is 2.54. The van der Waals surface area contributed by atoms with E-state index in [9.17, 15) is 28.4 Å². The Bertz CT molecular complexity index is 1250. The van der Waals surface area contributed by atoms with Crippen LogP contribution in [-0.2, 0) is 6.54 Å². The number of aliphatic hydroxyl groups is 1. The molecule has 1 atom stereocenters. The van der Waals surface area contributed by atoms with E-state index in [1.807, 2.05) is 53.4 Å². The summed E-state index contributed by atoms with van der Waals surface area (Å²) in [5, 5.41) is 20.7. The van der Waals surface area contributed by atoms with Crippen LogP contribution in [0.4, 0.5) is 24.7 Å². The molecule has 5 rings (SSSR count). The zero-order chi connectivity index (χ0) is 26.2. The Morgan fingerprint density at radius 1 is 1.08 bits per heavy atom. The fourth-order valence-electron chi connectivity index (χ4n) is 4.55. The number of aromatic nitrogens is 2. The number of anilines is 1. The molecule has 1 fully saturated rings. The summed E-state index contributed by atoms with van der Waals surface area (Å²) >= 11 is 0. The van der Waals surface area contributed by atoms with Crippen molar-refractivity contribution in [2.24, 2.45) is 0 Å². The standard InChI is InChI=1S/C25H25F3N4O5/c26-25(27,28)24(33)10-13-30(14-11-24)19-5-1-17(2-6-19)18-3-7-20(8-4-18)36-16-21-9-12-31-15-22(32(34)35)29-23(31)37-21/h1-8,15,21,33H,9-14,16H2. The van der Waals surface area contributed by atoms with Crippen LogP contribution in [0.1, 0.15) is 19.3 Å². The molecule has 3 aromatic rings. The summed E-state index contributed by atoms with van der Waals surface area (Å²) in [7, 11) is 0. The van der Waals surface area contributed by atoms with Crippen molar-refractivity contribution in [3.8, 4) is 22.9 Å². The molecular formula is C25H25F3N4O5. The Hall–Kier alpha value is -3.80. The van der Waals surface area contributed by atoms with Crippen molar-refractivity contribution in [1.29, 1.82) is 0 Å². The van der Waals surface area contributed by atoms with Gasteiger partial charge in [0.1, 0.15) is 24.7 Å². The Labute approximate surface area is 210 Å². The first kappa shape index (κ1) is 24.9.